The monoisotopic (exact) mass is 368 g/mol. The first-order valence-corrected chi connectivity index (χ1v) is 8.12. The maximum Gasteiger partial charge on any atom is 0.408 e. The molecule has 27 heavy (non-hydrogen) atoms. The Morgan fingerprint density at radius 2 is 2.00 bits per heavy atom. The third kappa shape index (κ3) is 6.62. The molecule has 0 spiro atoms. The summed E-state index contributed by atoms with van der Waals surface area (Å²) >= 11 is 0. The first kappa shape index (κ1) is 19.7. The highest BCUT2D eigenvalue weighted by Crippen LogP contribution is 2.21. The summed E-state index contributed by atoms with van der Waals surface area (Å²) in [4.78, 5) is 32.0. The number of nitrogens with zero attached hydrogens (tertiary/aromatic N) is 3. The van der Waals surface area contributed by atoms with Gasteiger partial charge in [-0.1, -0.05) is 0 Å². The first-order valence-electron chi connectivity index (χ1n) is 8.12. The highest BCUT2D eigenvalue weighted by molar-refractivity contribution is 5.96. The van der Waals surface area contributed by atoms with E-state index in [4.69, 9.17) is 10.00 Å². The van der Waals surface area contributed by atoms with E-state index in [0.29, 0.717) is 22.9 Å². The van der Waals surface area contributed by atoms with E-state index in [2.05, 4.69) is 25.9 Å². The summed E-state index contributed by atoms with van der Waals surface area (Å²) < 4.78 is 5.07. The molecule has 0 aliphatic heterocycles. The third-order valence-corrected chi connectivity index (χ3v) is 3.01. The molecule has 0 aliphatic rings. The number of hydrogen-bond donors (Lipinski definition) is 3. The van der Waals surface area contributed by atoms with E-state index < -0.39 is 17.6 Å². The molecule has 140 valence electrons. The average Bonchev–Trinajstić information content (AvgIpc) is 2.61. The molecule has 0 aromatic carbocycles. The molecule has 0 fully saturated rings. The fourth-order valence-corrected chi connectivity index (χ4v) is 1.92. The Hall–Kier alpha value is -3.67. The van der Waals surface area contributed by atoms with Crippen LogP contribution in [0.4, 0.5) is 22.1 Å². The van der Waals surface area contributed by atoms with Crippen LogP contribution in [0.5, 0.6) is 0 Å². The van der Waals surface area contributed by atoms with E-state index >= 15 is 0 Å². The van der Waals surface area contributed by atoms with Crippen LogP contribution in [0, 0.1) is 11.3 Å². The van der Waals surface area contributed by atoms with Crippen molar-refractivity contribution in [1.82, 2.24) is 15.3 Å². The number of rotatable bonds is 5. The Morgan fingerprint density at radius 3 is 2.63 bits per heavy atom. The number of pyridine rings is 2. The van der Waals surface area contributed by atoms with Crippen LogP contribution >= 0.6 is 0 Å². The van der Waals surface area contributed by atoms with Crippen molar-refractivity contribution in [2.24, 2.45) is 0 Å². The summed E-state index contributed by atoms with van der Waals surface area (Å²) in [5, 5.41) is 16.8. The highest BCUT2D eigenvalue weighted by Gasteiger charge is 2.17. The molecule has 3 N–H and O–H groups in total. The molecule has 0 bridgehead atoms. The minimum atomic E-state index is -0.677. The molecule has 2 heterocycles. The highest BCUT2D eigenvalue weighted by atomic mass is 16.6. The molecule has 0 atom stereocenters. The maximum absolute atomic E-state index is 12.1. The van der Waals surface area contributed by atoms with E-state index in [1.807, 2.05) is 6.07 Å². The lowest BCUT2D eigenvalue weighted by Crippen LogP contribution is -2.37. The van der Waals surface area contributed by atoms with Gasteiger partial charge >= 0.3 is 6.09 Å². The summed E-state index contributed by atoms with van der Waals surface area (Å²) in [5.41, 5.74) is 0.206. The molecule has 9 nitrogen and oxygen atoms in total. The zero-order valence-electron chi connectivity index (χ0n) is 15.2. The van der Waals surface area contributed by atoms with Gasteiger partial charge < -0.3 is 20.7 Å². The quantitative estimate of drug-likeness (QED) is 0.739. The summed E-state index contributed by atoms with van der Waals surface area (Å²) in [7, 11) is 0. The van der Waals surface area contributed by atoms with Crippen LogP contribution in [0.3, 0.4) is 0 Å². The fourth-order valence-electron chi connectivity index (χ4n) is 1.92. The third-order valence-electron chi connectivity index (χ3n) is 3.01. The lowest BCUT2D eigenvalue weighted by molar-refractivity contribution is -0.115. The van der Waals surface area contributed by atoms with Gasteiger partial charge in [0, 0.05) is 12.4 Å². The second kappa shape index (κ2) is 8.62. The van der Waals surface area contributed by atoms with Gasteiger partial charge in [-0.25, -0.2) is 14.8 Å². The maximum atomic E-state index is 12.1. The normalized spacial score (nSPS) is 10.4. The van der Waals surface area contributed by atoms with Crippen LogP contribution in [0.25, 0.3) is 0 Å². The van der Waals surface area contributed by atoms with E-state index in [-0.39, 0.29) is 6.54 Å². The van der Waals surface area contributed by atoms with Gasteiger partial charge in [-0.15, -0.1) is 0 Å². The molecule has 2 aromatic heterocycles. The Bertz CT molecular complexity index is 853. The van der Waals surface area contributed by atoms with Gasteiger partial charge in [0.15, 0.2) is 5.82 Å². The number of nitrogens with one attached hydrogen (secondary N) is 3. The van der Waals surface area contributed by atoms with Crippen LogP contribution in [-0.2, 0) is 9.53 Å². The Labute approximate surface area is 156 Å². The SMILES string of the molecule is CC(C)(C)OC(=O)NCC(=O)Nc1cccnc1Nc1ccc(C#N)cn1. The van der Waals surface area contributed by atoms with Gasteiger partial charge in [0.25, 0.3) is 0 Å². The van der Waals surface area contributed by atoms with E-state index in [0.717, 1.165) is 0 Å². The summed E-state index contributed by atoms with van der Waals surface area (Å²) in [5.74, 6) is 0.403. The van der Waals surface area contributed by atoms with Crippen molar-refractivity contribution < 1.29 is 14.3 Å². The number of aromatic nitrogens is 2. The Balaban J connectivity index is 1.97. The van der Waals surface area contributed by atoms with Crippen LogP contribution in [0.15, 0.2) is 36.7 Å². The van der Waals surface area contributed by atoms with Crippen molar-refractivity contribution in [1.29, 1.82) is 5.26 Å². The number of hydrogen-bond acceptors (Lipinski definition) is 7. The van der Waals surface area contributed by atoms with Crippen molar-refractivity contribution in [3.05, 3.63) is 42.2 Å². The predicted molar refractivity (Wildman–Crippen MR) is 99.3 cm³/mol. The minimum Gasteiger partial charge on any atom is -0.444 e. The smallest absolute Gasteiger partial charge is 0.408 e. The molecular weight excluding hydrogens is 348 g/mol. The van der Waals surface area contributed by atoms with Gasteiger partial charge in [-0.3, -0.25) is 4.79 Å². The van der Waals surface area contributed by atoms with Crippen LogP contribution in [0.1, 0.15) is 26.3 Å². The molecule has 0 saturated heterocycles. The molecule has 0 radical (unpaired) electrons. The van der Waals surface area contributed by atoms with Gasteiger partial charge in [0.2, 0.25) is 5.91 Å². The van der Waals surface area contributed by atoms with Crippen molar-refractivity contribution in [2.75, 3.05) is 17.2 Å². The molecule has 2 amide bonds. The Morgan fingerprint density at radius 1 is 1.22 bits per heavy atom. The van der Waals surface area contributed by atoms with Gasteiger partial charge in [-0.2, -0.15) is 5.26 Å². The summed E-state index contributed by atoms with van der Waals surface area (Å²) in [6, 6.07) is 8.54. The van der Waals surface area contributed by atoms with E-state index in [1.165, 1.54) is 6.20 Å². The zero-order chi connectivity index (χ0) is 19.9. The van der Waals surface area contributed by atoms with Crippen LogP contribution in [-0.4, -0.2) is 34.1 Å². The topological polar surface area (TPSA) is 129 Å². The van der Waals surface area contributed by atoms with Gasteiger partial charge in [0.1, 0.15) is 24.0 Å². The standard InChI is InChI=1S/C18H20N6O3/c1-18(2,3)27-17(26)22-11-15(25)23-13-5-4-8-20-16(13)24-14-7-6-12(9-19)10-21-14/h4-8,10H,11H2,1-3H3,(H,22,26)(H,23,25)(H,20,21,24). The number of ether oxygens (including phenoxy) is 1. The van der Waals surface area contributed by atoms with Crippen molar-refractivity contribution in [3.8, 4) is 6.07 Å². The second-order valence-electron chi connectivity index (χ2n) is 6.47. The van der Waals surface area contributed by atoms with Crippen LogP contribution in [0.2, 0.25) is 0 Å². The second-order valence-corrected chi connectivity index (χ2v) is 6.47. The molecule has 9 heteroatoms. The van der Waals surface area contributed by atoms with Crippen LogP contribution < -0.4 is 16.0 Å². The number of amides is 2. The van der Waals surface area contributed by atoms with Gasteiger partial charge in [-0.05, 0) is 45.0 Å². The number of nitriles is 1. The molecule has 0 saturated carbocycles. The predicted octanol–water partition coefficient (Wildman–Crippen LogP) is 2.56. The van der Waals surface area contributed by atoms with E-state index in [1.54, 1.807) is 51.2 Å². The lowest BCUT2D eigenvalue weighted by atomic mass is 10.2. The summed E-state index contributed by atoms with van der Waals surface area (Å²) in [6.45, 7) is 4.95. The molecular formula is C18H20N6O3. The van der Waals surface area contributed by atoms with Crippen molar-refractivity contribution in [2.45, 2.75) is 26.4 Å². The number of anilines is 3. The van der Waals surface area contributed by atoms with E-state index in [9.17, 15) is 9.59 Å². The zero-order valence-corrected chi connectivity index (χ0v) is 15.2. The molecule has 0 unspecified atom stereocenters. The number of alkyl carbamates (subject to hydrolysis) is 1. The largest absolute Gasteiger partial charge is 0.444 e. The average molecular weight is 368 g/mol. The number of carbonyl (C=O) groups is 2. The molecule has 0 aliphatic carbocycles. The Kier molecular flexibility index (Phi) is 6.27. The van der Waals surface area contributed by atoms with Crippen molar-refractivity contribution in [3.63, 3.8) is 0 Å². The lowest BCUT2D eigenvalue weighted by Gasteiger charge is -2.19. The minimum absolute atomic E-state index is 0.252. The first-order chi connectivity index (χ1) is 12.8. The fraction of sp³-hybridized carbons (Fsp3) is 0.278. The van der Waals surface area contributed by atoms with Gasteiger partial charge in [0.05, 0.1) is 11.3 Å². The summed E-state index contributed by atoms with van der Waals surface area (Å²) in [6.07, 6.45) is 2.30. The molecule has 2 aromatic rings. The molecule has 2 rings (SSSR count). The number of carbonyl (C=O) groups excluding carboxylic acids is 2. The van der Waals surface area contributed by atoms with Crippen molar-refractivity contribution >= 4 is 29.3 Å².